The number of amides is 2. The van der Waals surface area contributed by atoms with Gasteiger partial charge in [-0.25, -0.2) is 8.78 Å². The van der Waals surface area contributed by atoms with Crippen LogP contribution in [0.3, 0.4) is 0 Å². The van der Waals surface area contributed by atoms with Crippen LogP contribution in [0.4, 0.5) is 8.78 Å². The molecule has 0 radical (unpaired) electrons. The number of hydrogen-bond acceptors (Lipinski definition) is 4. The number of carboxylic acids is 1. The smallest absolute Gasteiger partial charge is 0.305 e. The first-order valence-corrected chi connectivity index (χ1v) is 13.9. The van der Waals surface area contributed by atoms with Gasteiger partial charge < -0.3 is 20.1 Å². The molecule has 4 aromatic carbocycles. The molecule has 0 aliphatic carbocycles. The molecule has 2 amide bonds. The van der Waals surface area contributed by atoms with E-state index in [4.69, 9.17) is 4.74 Å². The molecule has 0 bridgehead atoms. The lowest BCUT2D eigenvalue weighted by atomic mass is 9.94. The molecule has 4 aromatic rings. The molecule has 0 fully saturated rings. The van der Waals surface area contributed by atoms with Crippen molar-refractivity contribution in [2.24, 2.45) is 0 Å². The number of rotatable bonds is 13. The molecule has 2 N–H and O–H groups in total. The minimum atomic E-state index is -1.02. The van der Waals surface area contributed by atoms with Gasteiger partial charge in [0.05, 0.1) is 13.0 Å². The van der Waals surface area contributed by atoms with Gasteiger partial charge in [-0.2, -0.15) is 0 Å². The van der Waals surface area contributed by atoms with E-state index in [1.54, 1.807) is 48.5 Å². The summed E-state index contributed by atoms with van der Waals surface area (Å²) in [4.78, 5) is 40.0. The topological polar surface area (TPSA) is 95.9 Å². The van der Waals surface area contributed by atoms with Crippen LogP contribution in [0.15, 0.2) is 91.0 Å². The van der Waals surface area contributed by atoms with Crippen LogP contribution >= 0.6 is 0 Å². The quantitative estimate of drug-likeness (QED) is 0.197. The van der Waals surface area contributed by atoms with Gasteiger partial charge in [0.1, 0.15) is 17.4 Å². The summed E-state index contributed by atoms with van der Waals surface area (Å²) in [5.74, 6) is -2.45. The standard InChI is InChI=1S/C34H32F2N2O5/c1-2-43-26-14-11-23(12-15-26)17-19-38(20-18-32(39)40)34(42)30-10-6-4-8-28(30)27-7-3-5-9-29(27)33(41)37-22-24-21-25(35)13-16-31(24)36/h3-16,21H,2,17-20,22H2,1H3,(H,37,41)(H,39,40). The highest BCUT2D eigenvalue weighted by molar-refractivity contribution is 6.06. The summed E-state index contributed by atoms with van der Waals surface area (Å²) in [6.45, 7) is 2.49. The summed E-state index contributed by atoms with van der Waals surface area (Å²) >= 11 is 0. The average Bonchev–Trinajstić information content (AvgIpc) is 3.02. The fraction of sp³-hybridized carbons (Fsp3) is 0.206. The Morgan fingerprint density at radius 3 is 2.16 bits per heavy atom. The normalized spacial score (nSPS) is 10.7. The first-order valence-electron chi connectivity index (χ1n) is 13.9. The monoisotopic (exact) mass is 586 g/mol. The lowest BCUT2D eigenvalue weighted by Gasteiger charge is -2.24. The molecule has 0 saturated heterocycles. The highest BCUT2D eigenvalue weighted by Gasteiger charge is 2.23. The Kier molecular flexibility index (Phi) is 10.6. The Hall–Kier alpha value is -5.05. The Bertz CT molecular complexity index is 1590. The SMILES string of the molecule is CCOc1ccc(CCN(CCC(=O)O)C(=O)c2ccccc2-c2ccccc2C(=O)NCc2cc(F)ccc2F)cc1. The van der Waals surface area contributed by atoms with E-state index >= 15 is 0 Å². The van der Waals surface area contributed by atoms with Gasteiger partial charge in [-0.05, 0) is 72.5 Å². The van der Waals surface area contributed by atoms with E-state index in [-0.39, 0.29) is 43.1 Å². The summed E-state index contributed by atoms with van der Waals surface area (Å²) in [6.07, 6.45) is 0.266. The van der Waals surface area contributed by atoms with E-state index < -0.39 is 23.5 Å². The Morgan fingerprint density at radius 2 is 1.49 bits per heavy atom. The van der Waals surface area contributed by atoms with Crippen molar-refractivity contribution in [3.05, 3.63) is 125 Å². The van der Waals surface area contributed by atoms with Gasteiger partial charge in [0.2, 0.25) is 0 Å². The van der Waals surface area contributed by atoms with Crippen LogP contribution in [0.2, 0.25) is 0 Å². The summed E-state index contributed by atoms with van der Waals surface area (Å²) < 4.78 is 33.2. The van der Waals surface area contributed by atoms with Crippen molar-refractivity contribution in [1.82, 2.24) is 10.2 Å². The molecule has 43 heavy (non-hydrogen) atoms. The molecule has 7 nitrogen and oxygen atoms in total. The van der Waals surface area contributed by atoms with Gasteiger partial charge in [-0.3, -0.25) is 14.4 Å². The second kappa shape index (κ2) is 14.7. The number of carbonyl (C=O) groups is 3. The molecular weight excluding hydrogens is 554 g/mol. The minimum absolute atomic E-state index is 0.000856. The number of hydrogen-bond donors (Lipinski definition) is 2. The fourth-order valence-corrected chi connectivity index (χ4v) is 4.67. The van der Waals surface area contributed by atoms with Gasteiger partial charge in [0.25, 0.3) is 11.8 Å². The van der Waals surface area contributed by atoms with Crippen LogP contribution in [0.25, 0.3) is 11.1 Å². The van der Waals surface area contributed by atoms with Crippen LogP contribution in [-0.2, 0) is 17.8 Å². The fourth-order valence-electron chi connectivity index (χ4n) is 4.67. The summed E-state index contributed by atoms with van der Waals surface area (Å²) in [6, 6.07) is 24.0. The maximum Gasteiger partial charge on any atom is 0.305 e. The molecule has 0 heterocycles. The number of ether oxygens (including phenoxy) is 1. The Balaban J connectivity index is 1.58. The molecule has 0 atom stereocenters. The zero-order valence-electron chi connectivity index (χ0n) is 23.7. The van der Waals surface area contributed by atoms with Crippen LogP contribution in [0, 0.1) is 11.6 Å². The maximum atomic E-state index is 14.1. The predicted octanol–water partition coefficient (Wildman–Crippen LogP) is 6.12. The van der Waals surface area contributed by atoms with Crippen LogP contribution in [0.1, 0.15) is 45.2 Å². The third-order valence-corrected chi connectivity index (χ3v) is 6.85. The molecule has 0 saturated carbocycles. The van der Waals surface area contributed by atoms with Crippen molar-refractivity contribution in [3.63, 3.8) is 0 Å². The van der Waals surface area contributed by atoms with Crippen molar-refractivity contribution in [3.8, 4) is 16.9 Å². The van der Waals surface area contributed by atoms with Crippen molar-refractivity contribution < 1.29 is 33.0 Å². The zero-order chi connectivity index (χ0) is 30.8. The number of benzene rings is 4. The molecule has 4 rings (SSSR count). The number of halogens is 2. The van der Waals surface area contributed by atoms with Gasteiger partial charge in [0.15, 0.2) is 0 Å². The van der Waals surface area contributed by atoms with E-state index in [9.17, 15) is 28.3 Å². The van der Waals surface area contributed by atoms with E-state index in [0.29, 0.717) is 29.7 Å². The number of nitrogens with zero attached hydrogens (tertiary/aromatic N) is 1. The second-order valence-electron chi connectivity index (χ2n) is 9.77. The van der Waals surface area contributed by atoms with Crippen molar-refractivity contribution in [2.45, 2.75) is 26.3 Å². The highest BCUT2D eigenvalue weighted by atomic mass is 19.1. The van der Waals surface area contributed by atoms with Gasteiger partial charge in [-0.1, -0.05) is 48.5 Å². The van der Waals surface area contributed by atoms with Crippen molar-refractivity contribution in [1.29, 1.82) is 0 Å². The number of carbonyl (C=O) groups excluding carboxylic acids is 2. The van der Waals surface area contributed by atoms with E-state index in [2.05, 4.69) is 5.32 Å². The lowest BCUT2D eigenvalue weighted by molar-refractivity contribution is -0.137. The molecule has 0 aliphatic heterocycles. The summed E-state index contributed by atoms with van der Waals surface area (Å²) in [5.41, 5.74) is 2.46. The number of carboxylic acid groups (broad SMARTS) is 1. The largest absolute Gasteiger partial charge is 0.494 e. The number of nitrogens with one attached hydrogen (secondary N) is 1. The lowest BCUT2D eigenvalue weighted by Crippen LogP contribution is -2.35. The second-order valence-corrected chi connectivity index (χ2v) is 9.77. The van der Waals surface area contributed by atoms with Crippen LogP contribution < -0.4 is 10.1 Å². The van der Waals surface area contributed by atoms with Gasteiger partial charge in [-0.15, -0.1) is 0 Å². The first kappa shape index (κ1) is 30.9. The minimum Gasteiger partial charge on any atom is -0.494 e. The molecule has 0 aliphatic rings. The Morgan fingerprint density at radius 1 is 0.837 bits per heavy atom. The van der Waals surface area contributed by atoms with Crippen molar-refractivity contribution >= 4 is 17.8 Å². The number of aliphatic carboxylic acids is 1. The molecule has 0 spiro atoms. The van der Waals surface area contributed by atoms with Gasteiger partial charge in [0, 0.05) is 36.3 Å². The van der Waals surface area contributed by atoms with E-state index in [1.165, 1.54) is 4.90 Å². The third-order valence-electron chi connectivity index (χ3n) is 6.85. The molecule has 0 aromatic heterocycles. The van der Waals surface area contributed by atoms with Crippen LogP contribution in [-0.4, -0.2) is 47.5 Å². The molecule has 0 unspecified atom stereocenters. The predicted molar refractivity (Wildman–Crippen MR) is 159 cm³/mol. The summed E-state index contributed by atoms with van der Waals surface area (Å²) in [7, 11) is 0. The van der Waals surface area contributed by atoms with E-state index in [0.717, 1.165) is 29.5 Å². The van der Waals surface area contributed by atoms with Gasteiger partial charge >= 0.3 is 5.97 Å². The average molecular weight is 587 g/mol. The maximum absolute atomic E-state index is 14.1. The molecule has 9 heteroatoms. The van der Waals surface area contributed by atoms with Crippen molar-refractivity contribution in [2.75, 3.05) is 19.7 Å². The summed E-state index contributed by atoms with van der Waals surface area (Å²) in [5, 5.41) is 12.0. The van der Waals surface area contributed by atoms with E-state index in [1.807, 2.05) is 31.2 Å². The first-order chi connectivity index (χ1) is 20.8. The molecule has 222 valence electrons. The third kappa shape index (κ3) is 8.25. The molecular formula is C34H32F2N2O5. The zero-order valence-corrected chi connectivity index (χ0v) is 23.7. The van der Waals surface area contributed by atoms with Crippen LogP contribution in [0.5, 0.6) is 5.75 Å². The Labute approximate surface area is 248 Å². The highest BCUT2D eigenvalue weighted by Crippen LogP contribution is 2.29.